The van der Waals surface area contributed by atoms with Gasteiger partial charge in [0.2, 0.25) is 11.8 Å². The third-order valence-electron chi connectivity index (χ3n) is 3.61. The Bertz CT molecular complexity index is 411. The fourth-order valence-electron chi connectivity index (χ4n) is 2.58. The molecule has 5 nitrogen and oxygen atoms in total. The van der Waals surface area contributed by atoms with Crippen molar-refractivity contribution in [2.75, 3.05) is 14.2 Å². The minimum Gasteiger partial charge on any atom is -0.480 e. The Balaban J connectivity index is 2.21. The van der Waals surface area contributed by atoms with Crippen LogP contribution in [0.4, 0.5) is 0 Å². The summed E-state index contributed by atoms with van der Waals surface area (Å²) in [4.78, 5) is 8.38. The van der Waals surface area contributed by atoms with Crippen molar-refractivity contribution in [3.8, 4) is 11.8 Å². The van der Waals surface area contributed by atoms with Crippen molar-refractivity contribution >= 4 is 0 Å². The van der Waals surface area contributed by atoms with Gasteiger partial charge in [0.05, 0.1) is 20.4 Å². The number of aliphatic hydroxyl groups is 1. The van der Waals surface area contributed by atoms with Crippen molar-refractivity contribution in [2.24, 2.45) is 11.8 Å². The monoisotopic (exact) mass is 252 g/mol. The highest BCUT2D eigenvalue weighted by Crippen LogP contribution is 2.40. The molecule has 3 atom stereocenters. The van der Waals surface area contributed by atoms with Crippen LogP contribution in [0.2, 0.25) is 0 Å². The van der Waals surface area contributed by atoms with Crippen molar-refractivity contribution in [3.63, 3.8) is 0 Å². The van der Waals surface area contributed by atoms with Gasteiger partial charge in [0.15, 0.2) is 0 Å². The third kappa shape index (κ3) is 2.56. The molecule has 3 unspecified atom stereocenters. The number of methoxy groups -OCH3 is 2. The largest absolute Gasteiger partial charge is 0.480 e. The number of nitrogens with zero attached hydrogens (tertiary/aromatic N) is 2. The van der Waals surface area contributed by atoms with Gasteiger partial charge in [-0.1, -0.05) is 13.3 Å². The lowest BCUT2D eigenvalue weighted by Crippen LogP contribution is -2.13. The molecule has 1 aromatic rings. The number of ether oxygens (including phenoxy) is 2. The standard InChI is InChI=1S/C13H20N2O3/c1-8-4-5-9(6-8)12(16)11-13(18-3)15-10(17-2)7-14-11/h7-9,12,16H,4-6H2,1-3H3. The van der Waals surface area contributed by atoms with Crippen molar-refractivity contribution in [2.45, 2.75) is 32.3 Å². The van der Waals surface area contributed by atoms with E-state index in [2.05, 4.69) is 16.9 Å². The lowest BCUT2D eigenvalue weighted by Gasteiger charge is -2.19. The summed E-state index contributed by atoms with van der Waals surface area (Å²) in [5.41, 5.74) is 0.511. The van der Waals surface area contributed by atoms with Crippen LogP contribution in [-0.2, 0) is 0 Å². The van der Waals surface area contributed by atoms with E-state index >= 15 is 0 Å². The molecule has 0 aliphatic heterocycles. The molecule has 1 saturated carbocycles. The summed E-state index contributed by atoms with van der Waals surface area (Å²) in [5.74, 6) is 1.66. The zero-order chi connectivity index (χ0) is 13.1. The fourth-order valence-corrected chi connectivity index (χ4v) is 2.58. The third-order valence-corrected chi connectivity index (χ3v) is 3.61. The predicted octanol–water partition coefficient (Wildman–Crippen LogP) is 1.96. The molecule has 0 radical (unpaired) electrons. The number of aliphatic hydroxyl groups excluding tert-OH is 1. The van der Waals surface area contributed by atoms with E-state index in [-0.39, 0.29) is 5.92 Å². The SMILES string of the molecule is COc1cnc(C(O)C2CCC(C)C2)c(OC)n1. The van der Waals surface area contributed by atoms with E-state index in [0.29, 0.717) is 23.4 Å². The molecular weight excluding hydrogens is 232 g/mol. The van der Waals surface area contributed by atoms with E-state index < -0.39 is 6.10 Å². The molecule has 0 spiro atoms. The molecule has 0 amide bonds. The number of hydrogen-bond donors (Lipinski definition) is 1. The van der Waals surface area contributed by atoms with Crippen LogP contribution >= 0.6 is 0 Å². The van der Waals surface area contributed by atoms with Gasteiger partial charge in [-0.25, -0.2) is 4.98 Å². The first kappa shape index (κ1) is 13.1. The van der Waals surface area contributed by atoms with Gasteiger partial charge in [-0.3, -0.25) is 0 Å². The topological polar surface area (TPSA) is 64.5 Å². The second kappa shape index (κ2) is 5.52. The molecule has 0 saturated heterocycles. The van der Waals surface area contributed by atoms with Gasteiger partial charge in [0.25, 0.3) is 0 Å². The van der Waals surface area contributed by atoms with Crippen molar-refractivity contribution in [1.29, 1.82) is 0 Å². The lowest BCUT2D eigenvalue weighted by molar-refractivity contribution is 0.101. The van der Waals surface area contributed by atoms with Crippen LogP contribution < -0.4 is 9.47 Å². The van der Waals surface area contributed by atoms with E-state index in [9.17, 15) is 5.11 Å². The van der Waals surface area contributed by atoms with E-state index in [1.165, 1.54) is 20.4 Å². The van der Waals surface area contributed by atoms with Gasteiger partial charge in [-0.2, -0.15) is 4.98 Å². The van der Waals surface area contributed by atoms with Gasteiger partial charge < -0.3 is 14.6 Å². The molecule has 0 bridgehead atoms. The van der Waals surface area contributed by atoms with Crippen LogP contribution in [0.15, 0.2) is 6.20 Å². The molecule has 1 aliphatic rings. The normalized spacial score (nSPS) is 24.9. The maximum Gasteiger partial charge on any atom is 0.241 e. The second-order valence-corrected chi connectivity index (χ2v) is 4.93. The highest BCUT2D eigenvalue weighted by molar-refractivity contribution is 5.25. The van der Waals surface area contributed by atoms with Crippen molar-refractivity contribution in [1.82, 2.24) is 9.97 Å². The van der Waals surface area contributed by atoms with Crippen LogP contribution in [0.25, 0.3) is 0 Å². The highest BCUT2D eigenvalue weighted by Gasteiger charge is 2.31. The van der Waals surface area contributed by atoms with Gasteiger partial charge in [-0.15, -0.1) is 0 Å². The molecule has 1 fully saturated rings. The summed E-state index contributed by atoms with van der Waals surface area (Å²) < 4.78 is 10.2. The summed E-state index contributed by atoms with van der Waals surface area (Å²) in [6.07, 6.45) is 4.12. The Morgan fingerprint density at radius 3 is 2.67 bits per heavy atom. The van der Waals surface area contributed by atoms with Crippen LogP contribution in [0.5, 0.6) is 11.8 Å². The van der Waals surface area contributed by atoms with Crippen LogP contribution in [0, 0.1) is 11.8 Å². The molecule has 1 aromatic heterocycles. The summed E-state index contributed by atoms with van der Waals surface area (Å²) in [5, 5.41) is 10.4. The molecule has 100 valence electrons. The molecule has 0 aromatic carbocycles. The van der Waals surface area contributed by atoms with E-state index in [1.54, 1.807) is 0 Å². The molecular formula is C13H20N2O3. The minimum absolute atomic E-state index is 0.247. The van der Waals surface area contributed by atoms with Gasteiger partial charge in [-0.05, 0) is 24.7 Å². The Hall–Kier alpha value is -1.36. The average Bonchev–Trinajstić information content (AvgIpc) is 2.83. The van der Waals surface area contributed by atoms with Crippen molar-refractivity contribution < 1.29 is 14.6 Å². The van der Waals surface area contributed by atoms with Crippen LogP contribution in [0.1, 0.15) is 38.0 Å². The zero-order valence-electron chi connectivity index (χ0n) is 11.1. The van der Waals surface area contributed by atoms with Gasteiger partial charge in [0.1, 0.15) is 11.8 Å². The molecule has 1 N–H and O–H groups in total. The first-order valence-corrected chi connectivity index (χ1v) is 6.28. The van der Waals surface area contributed by atoms with Crippen molar-refractivity contribution in [3.05, 3.63) is 11.9 Å². The summed E-state index contributed by atoms with van der Waals surface area (Å²) in [7, 11) is 3.05. The maximum atomic E-state index is 10.4. The summed E-state index contributed by atoms with van der Waals surface area (Å²) >= 11 is 0. The first-order valence-electron chi connectivity index (χ1n) is 6.28. The predicted molar refractivity (Wildman–Crippen MR) is 66.6 cm³/mol. The minimum atomic E-state index is -0.608. The summed E-state index contributed by atoms with van der Waals surface area (Å²) in [6.45, 7) is 2.21. The van der Waals surface area contributed by atoms with Gasteiger partial charge in [0, 0.05) is 0 Å². The Kier molecular flexibility index (Phi) is 4.01. The zero-order valence-corrected chi connectivity index (χ0v) is 11.1. The Morgan fingerprint density at radius 2 is 2.11 bits per heavy atom. The average molecular weight is 252 g/mol. The lowest BCUT2D eigenvalue weighted by atomic mass is 9.97. The molecule has 2 rings (SSSR count). The van der Waals surface area contributed by atoms with Crippen LogP contribution in [0.3, 0.4) is 0 Å². The van der Waals surface area contributed by atoms with Gasteiger partial charge >= 0.3 is 0 Å². The van der Waals surface area contributed by atoms with E-state index in [1.807, 2.05) is 0 Å². The highest BCUT2D eigenvalue weighted by atomic mass is 16.5. The maximum absolute atomic E-state index is 10.4. The number of aromatic nitrogens is 2. The number of rotatable bonds is 4. The molecule has 18 heavy (non-hydrogen) atoms. The molecule has 1 heterocycles. The summed E-state index contributed by atoms with van der Waals surface area (Å²) in [6, 6.07) is 0. The molecule has 5 heteroatoms. The van der Waals surface area contributed by atoms with Crippen LogP contribution in [-0.4, -0.2) is 29.3 Å². The quantitative estimate of drug-likeness (QED) is 0.887. The Labute approximate surface area is 107 Å². The van der Waals surface area contributed by atoms with E-state index in [0.717, 1.165) is 19.3 Å². The first-order chi connectivity index (χ1) is 8.65. The second-order valence-electron chi connectivity index (χ2n) is 4.93. The smallest absolute Gasteiger partial charge is 0.241 e. The fraction of sp³-hybridized carbons (Fsp3) is 0.692. The molecule has 1 aliphatic carbocycles. The Morgan fingerprint density at radius 1 is 1.33 bits per heavy atom. The number of hydrogen-bond acceptors (Lipinski definition) is 5. The van der Waals surface area contributed by atoms with E-state index in [4.69, 9.17) is 9.47 Å².